The van der Waals surface area contributed by atoms with Gasteiger partial charge in [0, 0.05) is 12.2 Å². The lowest BCUT2D eigenvalue weighted by Crippen LogP contribution is -2.35. The molecule has 0 unspecified atom stereocenters. The summed E-state index contributed by atoms with van der Waals surface area (Å²) in [5, 5.41) is 8.80. The van der Waals surface area contributed by atoms with Crippen LogP contribution < -0.4 is 14.4 Å². The maximum absolute atomic E-state index is 13.1. The maximum Gasteiger partial charge on any atom is 0.310 e. The van der Waals surface area contributed by atoms with Gasteiger partial charge in [-0.3, -0.25) is 9.59 Å². The molecular weight excluding hydrogens is 379 g/mol. The van der Waals surface area contributed by atoms with Gasteiger partial charge in [0.15, 0.2) is 18.1 Å². The molecule has 0 saturated carbocycles. The van der Waals surface area contributed by atoms with Crippen molar-refractivity contribution >= 4 is 17.6 Å². The van der Waals surface area contributed by atoms with Crippen LogP contribution in [0, 0.1) is 17.1 Å². The topological polar surface area (TPSA) is 88.9 Å². The highest BCUT2D eigenvalue weighted by atomic mass is 19.1. The number of amides is 1. The van der Waals surface area contributed by atoms with Crippen molar-refractivity contribution in [2.24, 2.45) is 0 Å². The number of carbonyl (C=O) groups is 2. The summed E-state index contributed by atoms with van der Waals surface area (Å²) in [4.78, 5) is 25.9. The first-order valence-corrected chi connectivity index (χ1v) is 8.78. The van der Waals surface area contributed by atoms with Crippen molar-refractivity contribution in [2.45, 2.75) is 12.8 Å². The Hall–Kier alpha value is -3.60. The Labute approximate surface area is 168 Å². The molecular formula is C21H21FN2O5. The molecule has 0 fully saturated rings. The van der Waals surface area contributed by atoms with Crippen LogP contribution >= 0.6 is 0 Å². The third-order valence-electron chi connectivity index (χ3n) is 4.04. The Kier molecular flexibility index (Phi) is 7.98. The van der Waals surface area contributed by atoms with Gasteiger partial charge < -0.3 is 19.1 Å². The molecule has 0 spiro atoms. The molecule has 0 aliphatic heterocycles. The fraction of sp³-hybridized carbons (Fsp3) is 0.286. The van der Waals surface area contributed by atoms with E-state index in [2.05, 4.69) is 0 Å². The van der Waals surface area contributed by atoms with Gasteiger partial charge in [-0.15, -0.1) is 0 Å². The highest BCUT2D eigenvalue weighted by Gasteiger charge is 2.18. The number of nitrogens with zero attached hydrogens (tertiary/aromatic N) is 2. The molecule has 29 heavy (non-hydrogen) atoms. The SMILES string of the molecule is COc1ccc(CC(=O)OCC(=O)N(CCC#N)c2ccc(F)cc2)cc1OC. The minimum absolute atomic E-state index is 0.0532. The Morgan fingerprint density at radius 1 is 1.07 bits per heavy atom. The van der Waals surface area contributed by atoms with E-state index in [0.29, 0.717) is 22.7 Å². The van der Waals surface area contributed by atoms with Gasteiger partial charge >= 0.3 is 5.97 Å². The minimum atomic E-state index is -0.593. The molecule has 7 nitrogen and oxygen atoms in total. The summed E-state index contributed by atoms with van der Waals surface area (Å²) in [6, 6.07) is 12.3. The molecule has 2 aromatic carbocycles. The highest BCUT2D eigenvalue weighted by Crippen LogP contribution is 2.27. The van der Waals surface area contributed by atoms with Gasteiger partial charge in [0.25, 0.3) is 5.91 Å². The molecule has 0 bridgehead atoms. The number of anilines is 1. The molecule has 8 heteroatoms. The first-order chi connectivity index (χ1) is 14.0. The van der Waals surface area contributed by atoms with E-state index < -0.39 is 24.3 Å². The molecule has 0 aliphatic rings. The van der Waals surface area contributed by atoms with E-state index in [1.54, 1.807) is 18.2 Å². The zero-order valence-electron chi connectivity index (χ0n) is 16.2. The minimum Gasteiger partial charge on any atom is -0.493 e. The molecule has 0 N–H and O–H groups in total. The molecule has 0 atom stereocenters. The van der Waals surface area contributed by atoms with Crippen molar-refractivity contribution in [3.63, 3.8) is 0 Å². The van der Waals surface area contributed by atoms with Gasteiger partial charge in [-0.2, -0.15) is 5.26 Å². The second-order valence-electron chi connectivity index (χ2n) is 5.96. The smallest absolute Gasteiger partial charge is 0.310 e. The lowest BCUT2D eigenvalue weighted by atomic mass is 10.1. The third kappa shape index (κ3) is 6.21. The van der Waals surface area contributed by atoms with E-state index in [9.17, 15) is 14.0 Å². The van der Waals surface area contributed by atoms with Crippen molar-refractivity contribution in [1.82, 2.24) is 0 Å². The molecule has 0 radical (unpaired) electrons. The van der Waals surface area contributed by atoms with Gasteiger partial charge in [-0.05, 0) is 42.0 Å². The van der Waals surface area contributed by atoms with Crippen LogP contribution in [0.3, 0.4) is 0 Å². The largest absolute Gasteiger partial charge is 0.493 e. The molecule has 2 aromatic rings. The van der Waals surface area contributed by atoms with Crippen molar-refractivity contribution in [3.8, 4) is 17.6 Å². The Morgan fingerprint density at radius 2 is 1.76 bits per heavy atom. The van der Waals surface area contributed by atoms with Gasteiger partial charge in [0.2, 0.25) is 0 Å². The van der Waals surface area contributed by atoms with Crippen molar-refractivity contribution in [1.29, 1.82) is 5.26 Å². The summed E-state index contributed by atoms with van der Waals surface area (Å²) in [7, 11) is 3.00. The fourth-order valence-corrected chi connectivity index (χ4v) is 2.61. The molecule has 1 amide bonds. The number of halogens is 1. The van der Waals surface area contributed by atoms with Crippen LogP contribution in [-0.4, -0.2) is 39.2 Å². The number of hydrogen-bond acceptors (Lipinski definition) is 6. The lowest BCUT2D eigenvalue weighted by Gasteiger charge is -2.21. The molecule has 0 saturated heterocycles. The zero-order chi connectivity index (χ0) is 21.2. The average Bonchev–Trinajstić information content (AvgIpc) is 2.73. The normalized spacial score (nSPS) is 10.0. The number of hydrogen-bond donors (Lipinski definition) is 0. The predicted molar refractivity (Wildman–Crippen MR) is 103 cm³/mol. The quantitative estimate of drug-likeness (QED) is 0.602. The van der Waals surface area contributed by atoms with Gasteiger partial charge in [0.05, 0.1) is 33.1 Å². The van der Waals surface area contributed by atoms with E-state index in [-0.39, 0.29) is 19.4 Å². The molecule has 0 aliphatic carbocycles. The third-order valence-corrected chi connectivity index (χ3v) is 4.04. The molecule has 152 valence electrons. The second-order valence-corrected chi connectivity index (χ2v) is 5.96. The van der Waals surface area contributed by atoms with E-state index >= 15 is 0 Å². The number of methoxy groups -OCH3 is 2. The maximum atomic E-state index is 13.1. The van der Waals surface area contributed by atoms with Gasteiger partial charge in [-0.25, -0.2) is 4.39 Å². The monoisotopic (exact) mass is 400 g/mol. The Morgan fingerprint density at radius 3 is 2.38 bits per heavy atom. The summed E-state index contributed by atoms with van der Waals surface area (Å²) in [5.41, 5.74) is 1.06. The summed E-state index contributed by atoms with van der Waals surface area (Å²) in [6.07, 6.45) is 0.0328. The van der Waals surface area contributed by atoms with E-state index in [0.717, 1.165) is 0 Å². The van der Waals surface area contributed by atoms with Crippen LogP contribution in [0.4, 0.5) is 10.1 Å². The van der Waals surface area contributed by atoms with Crippen LogP contribution in [0.5, 0.6) is 11.5 Å². The molecule has 2 rings (SSSR count). The summed E-state index contributed by atoms with van der Waals surface area (Å²) >= 11 is 0. The average molecular weight is 400 g/mol. The molecule has 0 heterocycles. The van der Waals surface area contributed by atoms with E-state index in [4.69, 9.17) is 19.5 Å². The standard InChI is InChI=1S/C21H21FN2O5/c1-27-18-9-4-15(12-19(18)28-2)13-21(26)29-14-20(25)24(11-3-10-23)17-7-5-16(22)6-8-17/h4-9,12H,3,11,13-14H2,1-2H3. The Balaban J connectivity index is 1.99. The second kappa shape index (κ2) is 10.7. The van der Waals surface area contributed by atoms with Crippen LogP contribution in [0.15, 0.2) is 42.5 Å². The number of benzene rings is 2. The zero-order valence-corrected chi connectivity index (χ0v) is 16.2. The fourth-order valence-electron chi connectivity index (χ4n) is 2.61. The van der Waals surface area contributed by atoms with Crippen molar-refractivity contribution < 1.29 is 28.2 Å². The molecule has 0 aromatic heterocycles. The van der Waals surface area contributed by atoms with Crippen molar-refractivity contribution in [2.75, 3.05) is 32.3 Å². The summed E-state index contributed by atoms with van der Waals surface area (Å²) in [6.45, 7) is -0.386. The number of rotatable bonds is 9. The number of ether oxygens (including phenoxy) is 3. The highest BCUT2D eigenvalue weighted by molar-refractivity contribution is 5.95. The van der Waals surface area contributed by atoms with Crippen LogP contribution in [0.1, 0.15) is 12.0 Å². The number of carbonyl (C=O) groups excluding carboxylic acids is 2. The summed E-state index contributed by atoms with van der Waals surface area (Å²) in [5.74, 6) is -0.527. The van der Waals surface area contributed by atoms with E-state index in [1.165, 1.54) is 43.4 Å². The van der Waals surface area contributed by atoms with Gasteiger partial charge in [-0.1, -0.05) is 6.07 Å². The van der Waals surface area contributed by atoms with Crippen LogP contribution in [-0.2, 0) is 20.7 Å². The predicted octanol–water partition coefficient (Wildman–Crippen LogP) is 2.88. The number of esters is 1. The van der Waals surface area contributed by atoms with Gasteiger partial charge in [0.1, 0.15) is 5.82 Å². The number of nitriles is 1. The van der Waals surface area contributed by atoms with Crippen LogP contribution in [0.25, 0.3) is 0 Å². The first-order valence-electron chi connectivity index (χ1n) is 8.78. The van der Waals surface area contributed by atoms with E-state index in [1.807, 2.05) is 6.07 Å². The lowest BCUT2D eigenvalue weighted by molar-refractivity contribution is -0.147. The van der Waals surface area contributed by atoms with Crippen molar-refractivity contribution in [3.05, 3.63) is 53.8 Å². The summed E-state index contributed by atoms with van der Waals surface area (Å²) < 4.78 is 28.5. The Bertz CT molecular complexity index is 893. The van der Waals surface area contributed by atoms with Crippen LogP contribution in [0.2, 0.25) is 0 Å². The first kappa shape index (κ1) is 21.7.